The van der Waals surface area contributed by atoms with Gasteiger partial charge in [-0.3, -0.25) is 0 Å². The lowest BCUT2D eigenvalue weighted by atomic mass is 10.0. The van der Waals surface area contributed by atoms with E-state index in [1.165, 1.54) is 0 Å². The van der Waals surface area contributed by atoms with Crippen LogP contribution in [-0.4, -0.2) is 55.9 Å². The molecule has 100 valence electrons. The number of hydrogen-bond donors (Lipinski definition) is 0. The van der Waals surface area contributed by atoms with Crippen molar-refractivity contribution in [3.63, 3.8) is 0 Å². The van der Waals surface area contributed by atoms with E-state index in [1.54, 1.807) is 8.61 Å². The van der Waals surface area contributed by atoms with Crippen LogP contribution in [0.15, 0.2) is 0 Å². The number of piperidine rings is 1. The van der Waals surface area contributed by atoms with E-state index in [9.17, 15) is 8.42 Å². The minimum absolute atomic E-state index is 0.0500. The third-order valence-corrected chi connectivity index (χ3v) is 5.67. The molecule has 2 fully saturated rings. The Bertz CT molecular complexity index is 358. The summed E-state index contributed by atoms with van der Waals surface area (Å²) in [5, 5.41) is 0. The molecule has 2 saturated heterocycles. The molecule has 0 N–H and O–H groups in total. The summed E-state index contributed by atoms with van der Waals surface area (Å²) in [6.07, 6.45) is 2.10. The molecule has 0 aromatic rings. The first kappa shape index (κ1) is 13.3. The molecule has 2 heterocycles. The molecule has 5 nitrogen and oxygen atoms in total. The van der Waals surface area contributed by atoms with Gasteiger partial charge >= 0.3 is 0 Å². The van der Waals surface area contributed by atoms with Crippen molar-refractivity contribution in [1.82, 2.24) is 8.61 Å². The van der Waals surface area contributed by atoms with Gasteiger partial charge in [-0.05, 0) is 25.7 Å². The van der Waals surface area contributed by atoms with Crippen LogP contribution in [0.4, 0.5) is 0 Å². The average molecular weight is 262 g/mol. The molecular formula is C11H22N2O3S. The minimum atomic E-state index is -3.28. The molecule has 0 bridgehead atoms. The van der Waals surface area contributed by atoms with Gasteiger partial charge in [0.1, 0.15) is 0 Å². The van der Waals surface area contributed by atoms with Crippen LogP contribution in [0, 0.1) is 5.92 Å². The van der Waals surface area contributed by atoms with Crippen LogP contribution in [-0.2, 0) is 14.9 Å². The molecule has 2 aliphatic heterocycles. The fourth-order valence-electron chi connectivity index (χ4n) is 2.56. The van der Waals surface area contributed by atoms with E-state index < -0.39 is 10.2 Å². The second kappa shape index (κ2) is 5.22. The summed E-state index contributed by atoms with van der Waals surface area (Å²) in [4.78, 5) is 0. The Morgan fingerprint density at radius 3 is 2.65 bits per heavy atom. The highest BCUT2D eigenvalue weighted by molar-refractivity contribution is 7.86. The fourth-order valence-corrected chi connectivity index (χ4v) is 4.48. The van der Waals surface area contributed by atoms with E-state index >= 15 is 0 Å². The minimum Gasteiger partial charge on any atom is -0.378 e. The van der Waals surface area contributed by atoms with Crippen molar-refractivity contribution < 1.29 is 13.2 Å². The highest BCUT2D eigenvalue weighted by Crippen LogP contribution is 2.22. The van der Waals surface area contributed by atoms with Crippen molar-refractivity contribution in [2.24, 2.45) is 5.92 Å². The summed E-state index contributed by atoms with van der Waals surface area (Å²) < 4.78 is 33.5. The zero-order valence-corrected chi connectivity index (χ0v) is 11.4. The summed E-state index contributed by atoms with van der Waals surface area (Å²) in [5.41, 5.74) is 0. The number of ether oxygens (including phenoxy) is 1. The highest BCUT2D eigenvalue weighted by atomic mass is 32.2. The highest BCUT2D eigenvalue weighted by Gasteiger charge is 2.36. The topological polar surface area (TPSA) is 49.9 Å². The molecule has 0 spiro atoms. The lowest BCUT2D eigenvalue weighted by molar-refractivity contribution is 0.0355. The van der Waals surface area contributed by atoms with E-state index in [-0.39, 0.29) is 6.04 Å². The zero-order valence-electron chi connectivity index (χ0n) is 10.6. The van der Waals surface area contributed by atoms with Crippen LogP contribution in [0.25, 0.3) is 0 Å². The van der Waals surface area contributed by atoms with Crippen LogP contribution < -0.4 is 0 Å². The summed E-state index contributed by atoms with van der Waals surface area (Å²) in [5.74, 6) is 0.467. The van der Waals surface area contributed by atoms with E-state index in [0.717, 1.165) is 12.8 Å². The van der Waals surface area contributed by atoms with Gasteiger partial charge in [-0.1, -0.05) is 6.92 Å². The second-order valence-corrected chi connectivity index (χ2v) is 7.03. The monoisotopic (exact) mass is 262 g/mol. The maximum atomic E-state index is 12.5. The molecular weight excluding hydrogens is 240 g/mol. The first-order valence-electron chi connectivity index (χ1n) is 6.36. The van der Waals surface area contributed by atoms with Crippen LogP contribution in [0.5, 0.6) is 0 Å². The van der Waals surface area contributed by atoms with Crippen LogP contribution in [0.2, 0.25) is 0 Å². The van der Waals surface area contributed by atoms with Gasteiger partial charge in [0.15, 0.2) is 0 Å². The molecule has 17 heavy (non-hydrogen) atoms. The third kappa shape index (κ3) is 2.81. The number of nitrogens with zero attached hydrogens (tertiary/aromatic N) is 2. The summed E-state index contributed by atoms with van der Waals surface area (Å²) in [6, 6.07) is -0.0500. The first-order chi connectivity index (χ1) is 8.01. The standard InChI is InChI=1S/C11H22N2O3S/c1-10-4-3-5-12(8-10)17(14,15)13-6-7-16-9-11(13)2/h10-11H,3-9H2,1-2H3/t10-,11-/m1/s1. The smallest absolute Gasteiger partial charge is 0.282 e. The number of morpholine rings is 1. The Morgan fingerprint density at radius 2 is 2.00 bits per heavy atom. The summed E-state index contributed by atoms with van der Waals surface area (Å²) >= 11 is 0. The van der Waals surface area contributed by atoms with Gasteiger partial charge in [-0.25, -0.2) is 0 Å². The van der Waals surface area contributed by atoms with Crippen molar-refractivity contribution in [2.75, 3.05) is 32.8 Å². The van der Waals surface area contributed by atoms with Gasteiger partial charge in [0.05, 0.1) is 13.2 Å². The van der Waals surface area contributed by atoms with Gasteiger partial charge in [0.25, 0.3) is 10.2 Å². The first-order valence-corrected chi connectivity index (χ1v) is 7.76. The lowest BCUT2D eigenvalue weighted by Crippen LogP contribution is -2.54. The summed E-state index contributed by atoms with van der Waals surface area (Å²) in [7, 11) is -3.28. The lowest BCUT2D eigenvalue weighted by Gasteiger charge is -2.38. The van der Waals surface area contributed by atoms with Crippen LogP contribution >= 0.6 is 0 Å². The molecule has 0 saturated carbocycles. The van der Waals surface area contributed by atoms with Gasteiger partial charge in [-0.15, -0.1) is 0 Å². The molecule has 0 unspecified atom stereocenters. The molecule has 0 aromatic heterocycles. The molecule has 0 amide bonds. The van der Waals surface area contributed by atoms with Gasteiger partial charge in [0.2, 0.25) is 0 Å². The SMILES string of the molecule is C[C@@H]1CCCN(S(=O)(=O)N2CCOC[C@H]2C)C1. The van der Waals surface area contributed by atoms with E-state index in [4.69, 9.17) is 4.74 Å². The largest absolute Gasteiger partial charge is 0.378 e. The Morgan fingerprint density at radius 1 is 1.24 bits per heavy atom. The van der Waals surface area contributed by atoms with Crippen LogP contribution in [0.1, 0.15) is 26.7 Å². The predicted molar refractivity (Wildman–Crippen MR) is 65.9 cm³/mol. The van der Waals surface area contributed by atoms with E-state index in [0.29, 0.717) is 38.8 Å². The van der Waals surface area contributed by atoms with Gasteiger partial charge in [-0.2, -0.15) is 17.0 Å². The second-order valence-electron chi connectivity index (χ2n) is 5.15. The van der Waals surface area contributed by atoms with Gasteiger partial charge in [0, 0.05) is 25.7 Å². The Labute approximate surface area is 104 Å². The fraction of sp³-hybridized carbons (Fsp3) is 1.00. The Hall–Kier alpha value is -0.170. The van der Waals surface area contributed by atoms with Crippen molar-refractivity contribution >= 4 is 10.2 Å². The normalized spacial score (nSPS) is 33.8. The molecule has 0 aliphatic carbocycles. The number of hydrogen-bond acceptors (Lipinski definition) is 3. The summed E-state index contributed by atoms with van der Waals surface area (Å²) in [6.45, 7) is 6.83. The van der Waals surface area contributed by atoms with Crippen molar-refractivity contribution in [3.8, 4) is 0 Å². The van der Waals surface area contributed by atoms with Crippen molar-refractivity contribution in [3.05, 3.63) is 0 Å². The quantitative estimate of drug-likeness (QED) is 0.735. The molecule has 0 aromatic carbocycles. The number of rotatable bonds is 2. The third-order valence-electron chi connectivity index (χ3n) is 3.55. The van der Waals surface area contributed by atoms with E-state index in [2.05, 4.69) is 6.92 Å². The van der Waals surface area contributed by atoms with Crippen molar-refractivity contribution in [1.29, 1.82) is 0 Å². The average Bonchev–Trinajstić information content (AvgIpc) is 2.29. The zero-order chi connectivity index (χ0) is 12.5. The molecule has 2 aliphatic rings. The maximum absolute atomic E-state index is 12.5. The Kier molecular flexibility index (Phi) is 4.07. The molecule has 2 rings (SSSR count). The maximum Gasteiger partial charge on any atom is 0.282 e. The predicted octanol–water partition coefficient (Wildman–Crippen LogP) is 0.684. The molecule has 0 radical (unpaired) electrons. The molecule has 2 atom stereocenters. The molecule has 6 heteroatoms. The van der Waals surface area contributed by atoms with Crippen LogP contribution in [0.3, 0.4) is 0 Å². The van der Waals surface area contributed by atoms with Crippen molar-refractivity contribution in [2.45, 2.75) is 32.7 Å². The van der Waals surface area contributed by atoms with E-state index in [1.807, 2.05) is 6.92 Å². The Balaban J connectivity index is 2.11. The van der Waals surface area contributed by atoms with Gasteiger partial charge < -0.3 is 4.74 Å².